The van der Waals surface area contributed by atoms with Crippen LogP contribution in [0.4, 0.5) is 0 Å². The van der Waals surface area contributed by atoms with Gasteiger partial charge in [-0.05, 0) is 35.9 Å². The molecule has 2 aromatic rings. The Labute approximate surface area is 150 Å². The van der Waals surface area contributed by atoms with Gasteiger partial charge < -0.3 is 20.5 Å². The third kappa shape index (κ3) is 5.77. The fraction of sp³-hybridized carbons (Fsp3) is 0.222. The molecule has 7 heteroatoms. The van der Waals surface area contributed by atoms with Gasteiger partial charge in [0, 0.05) is 17.1 Å². The first-order valence-electron chi connectivity index (χ1n) is 7.62. The molecular formula is C18H19ClN2O4. The number of aliphatic hydroxyl groups excluding tert-OH is 1. The highest BCUT2D eigenvalue weighted by atomic mass is 35.5. The Morgan fingerprint density at radius 1 is 1.16 bits per heavy atom. The maximum absolute atomic E-state index is 11.9. The molecule has 3 N–H and O–H groups in total. The van der Waals surface area contributed by atoms with Crippen LogP contribution in [0.3, 0.4) is 0 Å². The van der Waals surface area contributed by atoms with E-state index in [4.69, 9.17) is 16.3 Å². The van der Waals surface area contributed by atoms with Crippen LogP contribution in [0.5, 0.6) is 5.75 Å². The van der Waals surface area contributed by atoms with Crippen LogP contribution in [0.25, 0.3) is 0 Å². The van der Waals surface area contributed by atoms with Crippen LogP contribution in [0.2, 0.25) is 5.02 Å². The number of amides is 2. The fourth-order valence-corrected chi connectivity index (χ4v) is 2.30. The van der Waals surface area contributed by atoms with Gasteiger partial charge >= 0.3 is 0 Å². The Hall–Kier alpha value is -2.57. The Kier molecular flexibility index (Phi) is 6.80. The number of methoxy groups -OCH3 is 1. The molecule has 0 radical (unpaired) electrons. The van der Waals surface area contributed by atoms with Gasteiger partial charge in [-0.3, -0.25) is 9.59 Å². The molecule has 0 aromatic heterocycles. The van der Waals surface area contributed by atoms with Crippen molar-refractivity contribution in [3.63, 3.8) is 0 Å². The molecule has 0 heterocycles. The van der Waals surface area contributed by atoms with Crippen LogP contribution in [-0.2, 0) is 4.79 Å². The van der Waals surface area contributed by atoms with Gasteiger partial charge in [0.25, 0.3) is 5.91 Å². The molecule has 0 aliphatic carbocycles. The predicted molar refractivity (Wildman–Crippen MR) is 94.7 cm³/mol. The lowest BCUT2D eigenvalue weighted by atomic mass is 10.1. The minimum Gasteiger partial charge on any atom is -0.497 e. The van der Waals surface area contributed by atoms with Crippen molar-refractivity contribution in [3.8, 4) is 5.75 Å². The Morgan fingerprint density at radius 2 is 1.88 bits per heavy atom. The van der Waals surface area contributed by atoms with E-state index in [0.717, 1.165) is 0 Å². The van der Waals surface area contributed by atoms with E-state index in [1.54, 1.807) is 49.6 Å². The van der Waals surface area contributed by atoms with Gasteiger partial charge in [-0.15, -0.1) is 0 Å². The zero-order valence-corrected chi connectivity index (χ0v) is 14.4. The van der Waals surface area contributed by atoms with Crippen LogP contribution in [0.15, 0.2) is 48.5 Å². The molecule has 2 aromatic carbocycles. The van der Waals surface area contributed by atoms with Crippen LogP contribution in [0, 0.1) is 0 Å². The molecule has 0 fully saturated rings. The topological polar surface area (TPSA) is 87.7 Å². The quantitative estimate of drug-likeness (QED) is 0.702. The molecule has 0 saturated carbocycles. The van der Waals surface area contributed by atoms with Crippen LogP contribution in [0.1, 0.15) is 22.0 Å². The second-order valence-electron chi connectivity index (χ2n) is 5.29. The summed E-state index contributed by atoms with van der Waals surface area (Å²) in [6, 6.07) is 13.3. The lowest BCUT2D eigenvalue weighted by Gasteiger charge is -2.13. The number of carbonyl (C=O) groups is 2. The largest absolute Gasteiger partial charge is 0.497 e. The first kappa shape index (κ1) is 18.8. The zero-order valence-electron chi connectivity index (χ0n) is 13.7. The normalized spacial score (nSPS) is 11.5. The van der Waals surface area contributed by atoms with Gasteiger partial charge in [0.15, 0.2) is 0 Å². The summed E-state index contributed by atoms with van der Waals surface area (Å²) in [6.07, 6.45) is -0.849. The highest BCUT2D eigenvalue weighted by Crippen LogP contribution is 2.16. The first-order valence-corrected chi connectivity index (χ1v) is 8.00. The van der Waals surface area contributed by atoms with E-state index < -0.39 is 17.9 Å². The number of benzene rings is 2. The number of aliphatic hydroxyl groups is 1. The van der Waals surface area contributed by atoms with Crippen molar-refractivity contribution < 1.29 is 19.4 Å². The summed E-state index contributed by atoms with van der Waals surface area (Å²) in [5, 5.41) is 15.6. The summed E-state index contributed by atoms with van der Waals surface area (Å²) in [5.74, 6) is -0.111. The molecule has 1 atom stereocenters. The van der Waals surface area contributed by atoms with Gasteiger partial charge in [-0.1, -0.05) is 29.8 Å². The number of hydrogen-bond donors (Lipinski definition) is 3. The summed E-state index contributed by atoms with van der Waals surface area (Å²) in [7, 11) is 1.56. The molecule has 2 amide bonds. The van der Waals surface area contributed by atoms with Crippen molar-refractivity contribution in [2.45, 2.75) is 6.10 Å². The molecule has 132 valence electrons. The van der Waals surface area contributed by atoms with Gasteiger partial charge in [-0.25, -0.2) is 0 Å². The lowest BCUT2D eigenvalue weighted by Crippen LogP contribution is -2.38. The molecule has 1 unspecified atom stereocenters. The molecule has 0 bridgehead atoms. The van der Waals surface area contributed by atoms with Crippen molar-refractivity contribution in [2.75, 3.05) is 20.2 Å². The molecule has 0 spiro atoms. The molecule has 6 nitrogen and oxygen atoms in total. The SMILES string of the molecule is COc1ccc(C(O)CNC(=O)CNC(=O)c2cccc(Cl)c2)cc1. The average Bonchev–Trinajstić information content (AvgIpc) is 2.64. The summed E-state index contributed by atoms with van der Waals surface area (Å²) in [6.45, 7) is -0.154. The van der Waals surface area contributed by atoms with Crippen LogP contribution in [-0.4, -0.2) is 37.1 Å². The van der Waals surface area contributed by atoms with Crippen molar-refractivity contribution in [2.24, 2.45) is 0 Å². The number of carbonyl (C=O) groups excluding carboxylic acids is 2. The predicted octanol–water partition coefficient (Wildman–Crippen LogP) is 1.93. The summed E-state index contributed by atoms with van der Waals surface area (Å²) >= 11 is 5.82. The van der Waals surface area contributed by atoms with E-state index in [0.29, 0.717) is 21.9 Å². The van der Waals surface area contributed by atoms with Crippen LogP contribution >= 0.6 is 11.6 Å². The minimum absolute atomic E-state index is 0.0399. The first-order chi connectivity index (χ1) is 12.0. The maximum Gasteiger partial charge on any atom is 0.251 e. The van der Waals surface area contributed by atoms with Crippen molar-refractivity contribution >= 4 is 23.4 Å². The monoisotopic (exact) mass is 362 g/mol. The number of nitrogens with one attached hydrogen (secondary N) is 2. The van der Waals surface area contributed by atoms with Crippen molar-refractivity contribution in [1.29, 1.82) is 0 Å². The number of halogens is 1. The minimum atomic E-state index is -0.849. The summed E-state index contributed by atoms with van der Waals surface area (Å²) in [5.41, 5.74) is 1.03. The van der Waals surface area contributed by atoms with Crippen molar-refractivity contribution in [3.05, 3.63) is 64.7 Å². The van der Waals surface area contributed by atoms with Crippen LogP contribution < -0.4 is 15.4 Å². The molecule has 25 heavy (non-hydrogen) atoms. The smallest absolute Gasteiger partial charge is 0.251 e. The third-order valence-electron chi connectivity index (χ3n) is 3.49. The lowest BCUT2D eigenvalue weighted by molar-refractivity contribution is -0.120. The second kappa shape index (κ2) is 9.05. The second-order valence-corrected chi connectivity index (χ2v) is 5.72. The number of hydrogen-bond acceptors (Lipinski definition) is 4. The average molecular weight is 363 g/mol. The van der Waals surface area contributed by atoms with E-state index in [9.17, 15) is 14.7 Å². The Morgan fingerprint density at radius 3 is 2.52 bits per heavy atom. The highest BCUT2D eigenvalue weighted by Gasteiger charge is 2.11. The van der Waals surface area contributed by atoms with Gasteiger partial charge in [0.2, 0.25) is 5.91 Å². The summed E-state index contributed by atoms with van der Waals surface area (Å²) < 4.78 is 5.05. The zero-order chi connectivity index (χ0) is 18.2. The van der Waals surface area contributed by atoms with E-state index in [1.165, 1.54) is 6.07 Å². The summed E-state index contributed by atoms with van der Waals surface area (Å²) in [4.78, 5) is 23.7. The van der Waals surface area contributed by atoms with Gasteiger partial charge in [0.1, 0.15) is 5.75 Å². The molecular weight excluding hydrogens is 344 g/mol. The molecule has 0 saturated heterocycles. The third-order valence-corrected chi connectivity index (χ3v) is 3.72. The standard InChI is InChI=1S/C18H19ClN2O4/c1-25-15-7-5-12(6-8-15)16(22)10-20-17(23)11-21-18(24)13-3-2-4-14(19)9-13/h2-9,16,22H,10-11H2,1H3,(H,20,23)(H,21,24). The van der Waals surface area contributed by atoms with E-state index in [-0.39, 0.29) is 13.1 Å². The Bertz CT molecular complexity index is 734. The molecule has 0 aliphatic rings. The Balaban J connectivity index is 1.77. The molecule has 2 rings (SSSR count). The number of ether oxygens (including phenoxy) is 1. The fourth-order valence-electron chi connectivity index (χ4n) is 2.11. The van der Waals surface area contributed by atoms with E-state index >= 15 is 0 Å². The van der Waals surface area contributed by atoms with Crippen molar-refractivity contribution in [1.82, 2.24) is 10.6 Å². The number of rotatable bonds is 7. The van der Waals surface area contributed by atoms with E-state index in [2.05, 4.69) is 10.6 Å². The van der Waals surface area contributed by atoms with Gasteiger partial charge in [0.05, 0.1) is 19.8 Å². The highest BCUT2D eigenvalue weighted by molar-refractivity contribution is 6.30. The maximum atomic E-state index is 11.9. The van der Waals surface area contributed by atoms with E-state index in [1.807, 2.05) is 0 Å². The van der Waals surface area contributed by atoms with Gasteiger partial charge in [-0.2, -0.15) is 0 Å². The molecule has 0 aliphatic heterocycles.